The van der Waals surface area contributed by atoms with E-state index in [9.17, 15) is 13.6 Å². The Labute approximate surface area is 159 Å². The Bertz CT molecular complexity index is 997. The van der Waals surface area contributed by atoms with Crippen LogP contribution in [0.2, 0.25) is 5.02 Å². The van der Waals surface area contributed by atoms with E-state index in [0.717, 1.165) is 17.7 Å². The molecule has 0 saturated carbocycles. The fraction of sp³-hybridized carbons (Fsp3) is 0.105. The average molecular weight is 389 g/mol. The van der Waals surface area contributed by atoms with Crippen molar-refractivity contribution < 1.29 is 13.6 Å². The van der Waals surface area contributed by atoms with Crippen molar-refractivity contribution in [3.05, 3.63) is 82.1 Å². The van der Waals surface area contributed by atoms with E-state index in [4.69, 9.17) is 11.6 Å². The van der Waals surface area contributed by atoms with Gasteiger partial charge in [0.1, 0.15) is 17.3 Å². The number of hydrogen-bond donors (Lipinski definition) is 2. The molecule has 2 N–H and O–H groups in total. The second-order valence-electron chi connectivity index (χ2n) is 5.74. The first-order valence-corrected chi connectivity index (χ1v) is 8.39. The van der Waals surface area contributed by atoms with Crippen LogP contribution in [0.5, 0.6) is 0 Å². The standard InChI is InChI=1S/C19H15ClF2N4O/c1-11-8-17(18(27)23-10-12-4-2-3-5-14(12)20)26-19(24-11)25-16-7-6-13(21)9-15(16)22/h2-9H,10H2,1H3,(H,23,27)(H,24,25,26). The lowest BCUT2D eigenvalue weighted by Gasteiger charge is -2.10. The van der Waals surface area contributed by atoms with Crippen LogP contribution in [0.15, 0.2) is 48.5 Å². The minimum absolute atomic E-state index is 0.00410. The summed E-state index contributed by atoms with van der Waals surface area (Å²) in [6.45, 7) is 1.91. The van der Waals surface area contributed by atoms with Crippen molar-refractivity contribution in [3.8, 4) is 0 Å². The molecule has 0 atom stereocenters. The van der Waals surface area contributed by atoms with Gasteiger partial charge in [-0.25, -0.2) is 18.7 Å². The Morgan fingerprint density at radius 3 is 2.63 bits per heavy atom. The number of anilines is 2. The molecule has 0 aliphatic carbocycles. The van der Waals surface area contributed by atoms with Gasteiger partial charge in [0, 0.05) is 23.3 Å². The summed E-state index contributed by atoms with van der Waals surface area (Å²) in [5.74, 6) is -1.88. The zero-order chi connectivity index (χ0) is 19.4. The van der Waals surface area contributed by atoms with E-state index >= 15 is 0 Å². The third-order valence-electron chi connectivity index (χ3n) is 3.66. The van der Waals surface area contributed by atoms with Gasteiger partial charge in [0.15, 0.2) is 0 Å². The summed E-state index contributed by atoms with van der Waals surface area (Å²) in [5.41, 5.74) is 1.40. The molecule has 0 fully saturated rings. The number of nitrogens with one attached hydrogen (secondary N) is 2. The molecule has 0 radical (unpaired) electrons. The summed E-state index contributed by atoms with van der Waals surface area (Å²) in [6.07, 6.45) is 0. The maximum atomic E-state index is 13.8. The van der Waals surface area contributed by atoms with Crippen LogP contribution in [0.3, 0.4) is 0 Å². The lowest BCUT2D eigenvalue weighted by molar-refractivity contribution is 0.0946. The van der Waals surface area contributed by atoms with Crippen LogP contribution in [0.1, 0.15) is 21.7 Å². The zero-order valence-electron chi connectivity index (χ0n) is 14.3. The topological polar surface area (TPSA) is 66.9 Å². The highest BCUT2D eigenvalue weighted by Crippen LogP contribution is 2.19. The molecule has 0 unspecified atom stereocenters. The summed E-state index contributed by atoms with van der Waals surface area (Å²) in [4.78, 5) is 20.6. The zero-order valence-corrected chi connectivity index (χ0v) is 15.0. The van der Waals surface area contributed by atoms with Gasteiger partial charge in [-0.3, -0.25) is 4.79 Å². The van der Waals surface area contributed by atoms with Gasteiger partial charge in [-0.05, 0) is 36.8 Å². The van der Waals surface area contributed by atoms with Crippen LogP contribution < -0.4 is 10.6 Å². The second-order valence-corrected chi connectivity index (χ2v) is 6.15. The molecule has 3 rings (SSSR count). The number of aromatic nitrogens is 2. The molecule has 0 aliphatic rings. The van der Waals surface area contributed by atoms with Crippen molar-refractivity contribution in [3.63, 3.8) is 0 Å². The minimum atomic E-state index is -0.787. The number of carbonyl (C=O) groups excluding carboxylic acids is 1. The highest BCUT2D eigenvalue weighted by atomic mass is 35.5. The Hall–Kier alpha value is -3.06. The van der Waals surface area contributed by atoms with E-state index in [1.165, 1.54) is 12.1 Å². The van der Waals surface area contributed by atoms with Crippen molar-refractivity contribution in [2.45, 2.75) is 13.5 Å². The summed E-state index contributed by atoms with van der Waals surface area (Å²) in [7, 11) is 0. The van der Waals surface area contributed by atoms with Crippen molar-refractivity contribution in [1.82, 2.24) is 15.3 Å². The van der Waals surface area contributed by atoms with Gasteiger partial charge < -0.3 is 10.6 Å². The lowest BCUT2D eigenvalue weighted by atomic mass is 10.2. The molecular weight excluding hydrogens is 374 g/mol. The quantitative estimate of drug-likeness (QED) is 0.680. The van der Waals surface area contributed by atoms with Crippen molar-refractivity contribution >= 4 is 29.1 Å². The largest absolute Gasteiger partial charge is 0.347 e. The second kappa shape index (κ2) is 8.09. The lowest BCUT2D eigenvalue weighted by Crippen LogP contribution is -2.24. The fourth-order valence-corrected chi connectivity index (χ4v) is 2.56. The number of aryl methyl sites for hydroxylation is 1. The van der Waals surface area contributed by atoms with Gasteiger partial charge in [-0.15, -0.1) is 0 Å². The van der Waals surface area contributed by atoms with Gasteiger partial charge in [0.05, 0.1) is 5.69 Å². The fourth-order valence-electron chi connectivity index (χ4n) is 2.36. The van der Waals surface area contributed by atoms with Crippen molar-refractivity contribution in [2.75, 3.05) is 5.32 Å². The molecule has 1 amide bonds. The SMILES string of the molecule is Cc1cc(C(=O)NCc2ccccc2Cl)nc(Nc2ccc(F)cc2F)n1. The van der Waals surface area contributed by atoms with Crippen LogP contribution in [0, 0.1) is 18.6 Å². The van der Waals surface area contributed by atoms with Gasteiger partial charge in [-0.2, -0.15) is 0 Å². The minimum Gasteiger partial charge on any atom is -0.347 e. The molecule has 8 heteroatoms. The molecule has 138 valence electrons. The Morgan fingerprint density at radius 2 is 1.89 bits per heavy atom. The first kappa shape index (κ1) is 18.7. The van der Waals surface area contributed by atoms with E-state index in [-0.39, 0.29) is 23.9 Å². The van der Waals surface area contributed by atoms with Crippen LogP contribution >= 0.6 is 11.6 Å². The molecule has 0 bridgehead atoms. The van der Waals surface area contributed by atoms with E-state index < -0.39 is 17.5 Å². The predicted molar refractivity (Wildman–Crippen MR) is 99.0 cm³/mol. The van der Waals surface area contributed by atoms with Crippen LogP contribution in [-0.4, -0.2) is 15.9 Å². The number of amides is 1. The maximum Gasteiger partial charge on any atom is 0.270 e. The highest BCUT2D eigenvalue weighted by Gasteiger charge is 2.13. The highest BCUT2D eigenvalue weighted by molar-refractivity contribution is 6.31. The van der Waals surface area contributed by atoms with E-state index in [1.54, 1.807) is 25.1 Å². The van der Waals surface area contributed by atoms with Gasteiger partial charge >= 0.3 is 0 Å². The third kappa shape index (κ3) is 4.77. The van der Waals surface area contributed by atoms with E-state index in [0.29, 0.717) is 10.7 Å². The van der Waals surface area contributed by atoms with Crippen molar-refractivity contribution in [2.24, 2.45) is 0 Å². The molecule has 3 aromatic rings. The molecule has 0 aliphatic heterocycles. The number of benzene rings is 2. The maximum absolute atomic E-state index is 13.8. The molecule has 1 aromatic heterocycles. The van der Waals surface area contributed by atoms with Gasteiger partial charge in [-0.1, -0.05) is 29.8 Å². The number of halogens is 3. The molecular formula is C19H15ClF2N4O. The summed E-state index contributed by atoms with van der Waals surface area (Å²) in [5, 5.41) is 5.93. The first-order chi connectivity index (χ1) is 12.9. The number of rotatable bonds is 5. The molecule has 0 spiro atoms. The monoisotopic (exact) mass is 388 g/mol. The Balaban J connectivity index is 1.76. The molecule has 2 aromatic carbocycles. The molecule has 0 saturated heterocycles. The normalized spacial score (nSPS) is 10.5. The summed E-state index contributed by atoms with van der Waals surface area (Å²) >= 11 is 6.07. The van der Waals surface area contributed by atoms with Crippen molar-refractivity contribution in [1.29, 1.82) is 0 Å². The average Bonchev–Trinajstić information content (AvgIpc) is 2.63. The third-order valence-corrected chi connectivity index (χ3v) is 4.03. The smallest absolute Gasteiger partial charge is 0.270 e. The molecule has 1 heterocycles. The van der Waals surface area contributed by atoms with Crippen LogP contribution in [-0.2, 0) is 6.54 Å². The van der Waals surface area contributed by atoms with Crippen LogP contribution in [0.25, 0.3) is 0 Å². The molecule has 5 nitrogen and oxygen atoms in total. The Kier molecular flexibility index (Phi) is 5.61. The van der Waals surface area contributed by atoms with E-state index in [1.807, 2.05) is 6.07 Å². The Morgan fingerprint density at radius 1 is 1.11 bits per heavy atom. The summed E-state index contributed by atoms with van der Waals surface area (Å²) in [6, 6.07) is 11.8. The number of hydrogen-bond acceptors (Lipinski definition) is 4. The van der Waals surface area contributed by atoms with Gasteiger partial charge in [0.2, 0.25) is 5.95 Å². The number of nitrogens with zero attached hydrogens (tertiary/aromatic N) is 2. The molecule has 27 heavy (non-hydrogen) atoms. The first-order valence-electron chi connectivity index (χ1n) is 8.02. The number of carbonyl (C=O) groups is 1. The summed E-state index contributed by atoms with van der Waals surface area (Å²) < 4.78 is 26.8. The predicted octanol–water partition coefficient (Wildman–Crippen LogP) is 4.39. The van der Waals surface area contributed by atoms with Crippen LogP contribution in [0.4, 0.5) is 20.4 Å². The van der Waals surface area contributed by atoms with Gasteiger partial charge in [0.25, 0.3) is 5.91 Å². The van der Waals surface area contributed by atoms with E-state index in [2.05, 4.69) is 20.6 Å².